The zero-order valence-corrected chi connectivity index (χ0v) is 11.8. The molecule has 0 bridgehead atoms. The molecular weight excluding hydrogens is 302 g/mol. The minimum atomic E-state index is -3.15. The Morgan fingerprint density at radius 1 is 1.43 bits per heavy atom. The molecule has 0 saturated heterocycles. The first-order valence-corrected chi connectivity index (χ1v) is 7.91. The van der Waals surface area contributed by atoms with Gasteiger partial charge in [0.05, 0.1) is 11.8 Å². The van der Waals surface area contributed by atoms with Crippen LogP contribution in [-0.4, -0.2) is 40.5 Å². The Morgan fingerprint density at radius 3 is 2.76 bits per heavy atom. The predicted octanol–water partition coefficient (Wildman–Crippen LogP) is -1.45. The quantitative estimate of drug-likeness (QED) is 0.602. The second-order valence-corrected chi connectivity index (χ2v) is 6.73. The number of nitrogens with one attached hydrogen (secondary N) is 2. The fraction of sp³-hybridized carbons (Fsp3) is 0.400. The Labute approximate surface area is 118 Å². The number of rotatable bonds is 5. The van der Waals surface area contributed by atoms with E-state index in [0.29, 0.717) is 0 Å². The molecule has 0 aromatic carbocycles. The van der Waals surface area contributed by atoms with Gasteiger partial charge < -0.3 is 15.2 Å². The van der Waals surface area contributed by atoms with Crippen molar-refractivity contribution in [3.8, 4) is 11.4 Å². The van der Waals surface area contributed by atoms with Gasteiger partial charge >= 0.3 is 5.69 Å². The molecule has 11 heteroatoms. The first-order chi connectivity index (χ1) is 9.76. The largest absolute Gasteiger partial charge is 0.337 e. The van der Waals surface area contributed by atoms with Crippen LogP contribution in [0.4, 0.5) is 0 Å². The van der Waals surface area contributed by atoms with Crippen molar-refractivity contribution in [1.29, 1.82) is 0 Å². The summed E-state index contributed by atoms with van der Waals surface area (Å²) in [4.78, 5) is 30.7. The average molecular weight is 315 g/mol. The van der Waals surface area contributed by atoms with Crippen LogP contribution in [0.1, 0.15) is 18.4 Å². The summed E-state index contributed by atoms with van der Waals surface area (Å²) in [6.45, 7) is 0. The first kappa shape index (κ1) is 15.1. The van der Waals surface area contributed by atoms with Gasteiger partial charge in [0.25, 0.3) is 5.56 Å². The highest BCUT2D eigenvalue weighted by Crippen LogP contribution is 2.16. The van der Waals surface area contributed by atoms with Crippen LogP contribution < -0.4 is 17.0 Å². The Hall–Kier alpha value is -2.27. The van der Waals surface area contributed by atoms with E-state index < -0.39 is 27.1 Å². The molecule has 2 heterocycles. The van der Waals surface area contributed by atoms with E-state index in [1.165, 1.54) is 0 Å². The number of H-pyrrole nitrogens is 2. The van der Waals surface area contributed by atoms with Crippen LogP contribution in [0.25, 0.3) is 11.4 Å². The zero-order valence-electron chi connectivity index (χ0n) is 11.0. The summed E-state index contributed by atoms with van der Waals surface area (Å²) >= 11 is 0. The Kier molecular flexibility index (Phi) is 4.04. The molecule has 0 aliphatic heterocycles. The van der Waals surface area contributed by atoms with Crippen molar-refractivity contribution in [3.05, 3.63) is 32.9 Å². The molecule has 21 heavy (non-hydrogen) atoms. The lowest BCUT2D eigenvalue weighted by molar-refractivity contribution is 0.352. The standard InChI is InChI=1S/C10H13N5O5S/c1-21(18,19)3-2-6(11)9-13-7(15-20-9)5-4-12-10(17)14-8(5)16/h4,6H,2-3,11H2,1H3,(H2,12,14,16,17)/t6-/m0/s1. The number of hydrogen-bond acceptors (Lipinski definition) is 8. The number of nitrogens with zero attached hydrogens (tertiary/aromatic N) is 2. The first-order valence-electron chi connectivity index (χ1n) is 5.85. The van der Waals surface area contributed by atoms with Crippen molar-refractivity contribution in [1.82, 2.24) is 20.1 Å². The Balaban J connectivity index is 2.21. The molecule has 10 nitrogen and oxygen atoms in total. The van der Waals surface area contributed by atoms with Gasteiger partial charge in [-0.2, -0.15) is 4.98 Å². The highest BCUT2D eigenvalue weighted by molar-refractivity contribution is 7.90. The highest BCUT2D eigenvalue weighted by atomic mass is 32.2. The summed E-state index contributed by atoms with van der Waals surface area (Å²) in [7, 11) is -3.15. The fourth-order valence-corrected chi connectivity index (χ4v) is 2.22. The third kappa shape index (κ3) is 3.86. The minimum Gasteiger partial charge on any atom is -0.337 e. The van der Waals surface area contributed by atoms with E-state index in [1.807, 2.05) is 4.98 Å². The van der Waals surface area contributed by atoms with Gasteiger partial charge in [0.15, 0.2) is 0 Å². The number of aromatic nitrogens is 4. The fourth-order valence-electron chi connectivity index (χ4n) is 1.54. The number of nitrogens with two attached hydrogens (primary N) is 1. The van der Waals surface area contributed by atoms with Gasteiger partial charge in [-0.05, 0) is 6.42 Å². The van der Waals surface area contributed by atoms with Crippen molar-refractivity contribution in [3.63, 3.8) is 0 Å². The summed E-state index contributed by atoms with van der Waals surface area (Å²) in [5.74, 6) is -0.151. The van der Waals surface area contributed by atoms with Crippen molar-refractivity contribution in [2.24, 2.45) is 5.73 Å². The van der Waals surface area contributed by atoms with E-state index in [-0.39, 0.29) is 29.5 Å². The van der Waals surface area contributed by atoms with Crippen molar-refractivity contribution in [2.45, 2.75) is 12.5 Å². The molecule has 0 radical (unpaired) electrons. The summed E-state index contributed by atoms with van der Waals surface area (Å²) in [5.41, 5.74) is 4.44. The monoisotopic (exact) mass is 315 g/mol. The van der Waals surface area contributed by atoms with Crippen LogP contribution in [0.2, 0.25) is 0 Å². The van der Waals surface area contributed by atoms with E-state index in [9.17, 15) is 18.0 Å². The Morgan fingerprint density at radius 2 is 2.14 bits per heavy atom. The molecule has 0 unspecified atom stereocenters. The second-order valence-electron chi connectivity index (χ2n) is 4.47. The lowest BCUT2D eigenvalue weighted by Gasteiger charge is -2.04. The number of hydrogen-bond donors (Lipinski definition) is 3. The van der Waals surface area contributed by atoms with E-state index in [2.05, 4.69) is 15.1 Å². The normalized spacial score (nSPS) is 13.2. The van der Waals surface area contributed by atoms with Crippen LogP contribution >= 0.6 is 0 Å². The third-order valence-corrected chi connectivity index (χ3v) is 3.60. The zero-order chi connectivity index (χ0) is 15.6. The summed E-state index contributed by atoms with van der Waals surface area (Å²) in [5, 5.41) is 3.58. The molecule has 0 spiro atoms. The van der Waals surface area contributed by atoms with Crippen LogP contribution in [-0.2, 0) is 9.84 Å². The van der Waals surface area contributed by atoms with Crippen molar-refractivity contribution in [2.75, 3.05) is 12.0 Å². The molecule has 0 saturated carbocycles. The minimum absolute atomic E-state index is 0.0132. The van der Waals surface area contributed by atoms with E-state index in [1.54, 1.807) is 0 Å². The van der Waals surface area contributed by atoms with Gasteiger partial charge in [-0.25, -0.2) is 13.2 Å². The van der Waals surface area contributed by atoms with Gasteiger partial charge in [-0.15, -0.1) is 0 Å². The van der Waals surface area contributed by atoms with E-state index >= 15 is 0 Å². The third-order valence-electron chi connectivity index (χ3n) is 2.62. The van der Waals surface area contributed by atoms with Gasteiger partial charge in [0.1, 0.15) is 15.4 Å². The van der Waals surface area contributed by atoms with Crippen LogP contribution in [0, 0.1) is 0 Å². The van der Waals surface area contributed by atoms with Crippen molar-refractivity contribution >= 4 is 9.84 Å². The lowest BCUT2D eigenvalue weighted by atomic mass is 10.2. The average Bonchev–Trinajstić information content (AvgIpc) is 2.84. The molecule has 0 fully saturated rings. The molecule has 2 aromatic heterocycles. The predicted molar refractivity (Wildman–Crippen MR) is 72.2 cm³/mol. The molecule has 4 N–H and O–H groups in total. The number of aromatic amines is 2. The van der Waals surface area contributed by atoms with Crippen LogP contribution in [0.15, 0.2) is 20.3 Å². The van der Waals surface area contributed by atoms with E-state index in [4.69, 9.17) is 10.3 Å². The topological polar surface area (TPSA) is 165 Å². The molecule has 2 rings (SSSR count). The van der Waals surface area contributed by atoms with Crippen LogP contribution in [0.5, 0.6) is 0 Å². The lowest BCUT2D eigenvalue weighted by Crippen LogP contribution is -2.22. The Bertz CT molecular complexity index is 849. The maximum Gasteiger partial charge on any atom is 0.325 e. The van der Waals surface area contributed by atoms with Gasteiger partial charge in [-0.1, -0.05) is 5.16 Å². The highest BCUT2D eigenvalue weighted by Gasteiger charge is 2.19. The molecule has 0 aliphatic carbocycles. The molecule has 2 aromatic rings. The second kappa shape index (κ2) is 5.61. The summed E-state index contributed by atoms with van der Waals surface area (Å²) in [6, 6.07) is -0.761. The van der Waals surface area contributed by atoms with Crippen LogP contribution in [0.3, 0.4) is 0 Å². The van der Waals surface area contributed by atoms with Gasteiger partial charge in [-0.3, -0.25) is 9.78 Å². The maximum absolute atomic E-state index is 11.6. The molecule has 1 atom stereocenters. The SMILES string of the molecule is CS(=O)(=O)CC[C@H](N)c1nc(-c2c[nH]c(=O)[nH]c2=O)no1. The molecule has 0 amide bonds. The van der Waals surface area contributed by atoms with Gasteiger partial charge in [0.2, 0.25) is 11.7 Å². The van der Waals surface area contributed by atoms with E-state index in [0.717, 1.165) is 12.5 Å². The molecule has 0 aliphatic rings. The maximum atomic E-state index is 11.6. The molecular formula is C10H13N5O5S. The summed E-state index contributed by atoms with van der Waals surface area (Å²) in [6.07, 6.45) is 2.36. The van der Waals surface area contributed by atoms with Gasteiger partial charge in [0, 0.05) is 12.5 Å². The number of sulfone groups is 1. The molecule has 114 valence electrons. The van der Waals surface area contributed by atoms with Crippen molar-refractivity contribution < 1.29 is 12.9 Å². The summed E-state index contributed by atoms with van der Waals surface area (Å²) < 4.78 is 27.0. The smallest absolute Gasteiger partial charge is 0.325 e.